The maximum Gasteiger partial charge on any atom is 0.225 e. The van der Waals surface area contributed by atoms with Gasteiger partial charge in [-0.2, -0.15) is 0 Å². The molecule has 4 rings (SSSR count). The van der Waals surface area contributed by atoms with Crippen molar-refractivity contribution in [2.45, 2.75) is 57.7 Å². The number of nitrogens with one attached hydrogen (secondary N) is 2. The van der Waals surface area contributed by atoms with Crippen LogP contribution < -0.4 is 15.5 Å². The van der Waals surface area contributed by atoms with Gasteiger partial charge in [0.2, 0.25) is 11.9 Å². The van der Waals surface area contributed by atoms with Crippen molar-refractivity contribution in [2.24, 2.45) is 5.41 Å². The van der Waals surface area contributed by atoms with Crippen molar-refractivity contribution in [1.29, 1.82) is 0 Å². The first-order chi connectivity index (χ1) is 17.0. The minimum absolute atomic E-state index is 0.100. The van der Waals surface area contributed by atoms with E-state index in [1.807, 2.05) is 50.5 Å². The summed E-state index contributed by atoms with van der Waals surface area (Å²) in [5.74, 6) is -0.0407. The lowest BCUT2D eigenvalue weighted by Crippen LogP contribution is -2.35. The van der Waals surface area contributed by atoms with Crippen molar-refractivity contribution in [3.8, 4) is 0 Å². The summed E-state index contributed by atoms with van der Waals surface area (Å²) >= 11 is 8.89. The largest absolute Gasteiger partial charge is 0.393 e. The third-order valence-electron chi connectivity index (χ3n) is 6.53. The van der Waals surface area contributed by atoms with Gasteiger partial charge in [-0.3, -0.25) is 4.79 Å². The Labute approximate surface area is 229 Å². The number of aliphatic hydroxyl groups excluding tert-OH is 1. The van der Waals surface area contributed by atoms with E-state index in [-0.39, 0.29) is 18.6 Å². The Hall–Kier alpha value is -2.11. The molecule has 7 nitrogen and oxygen atoms in total. The normalized spacial score (nSPS) is 14.9. The average molecular weight is 628 g/mol. The molecule has 10 heteroatoms. The first-order valence-corrected chi connectivity index (χ1v) is 13.9. The zero-order chi connectivity index (χ0) is 26.2. The Kier molecular flexibility index (Phi) is 8.01. The number of hydrogen-bond acceptors (Lipinski definition) is 5. The molecule has 0 atom stereocenters. The number of imidazole rings is 1. The van der Waals surface area contributed by atoms with Gasteiger partial charge in [-0.05, 0) is 37.5 Å². The number of halogens is 3. The van der Waals surface area contributed by atoms with Crippen molar-refractivity contribution in [3.63, 3.8) is 0 Å². The summed E-state index contributed by atoms with van der Waals surface area (Å²) in [5.41, 5.74) is 3.42. The van der Waals surface area contributed by atoms with Gasteiger partial charge in [-0.15, -0.1) is 0 Å². The monoisotopic (exact) mass is 627 g/mol. The summed E-state index contributed by atoms with van der Waals surface area (Å²) in [4.78, 5) is 19.2. The zero-order valence-corrected chi connectivity index (χ0v) is 23.9. The number of aromatic nitrogens is 2. The second-order valence-electron chi connectivity index (χ2n) is 10.3. The Morgan fingerprint density at radius 1 is 1.28 bits per heavy atom. The van der Waals surface area contributed by atoms with Gasteiger partial charge in [0.1, 0.15) is 0 Å². The van der Waals surface area contributed by atoms with Gasteiger partial charge in [0.15, 0.2) is 5.82 Å². The minimum Gasteiger partial charge on any atom is -0.393 e. The highest BCUT2D eigenvalue weighted by Crippen LogP contribution is 2.35. The van der Waals surface area contributed by atoms with E-state index < -0.39 is 11.2 Å². The number of alkyl halides is 1. The number of carbonyl (C=O) groups is 1. The molecule has 0 radical (unpaired) electrons. The van der Waals surface area contributed by atoms with Gasteiger partial charge in [0.05, 0.1) is 38.1 Å². The first-order valence-electron chi connectivity index (χ1n) is 12.0. The molecule has 2 heterocycles. The number of carbonyl (C=O) groups excluding carboxylic acids is 1. The van der Waals surface area contributed by atoms with E-state index in [4.69, 9.17) is 16.6 Å². The molecule has 1 aliphatic rings. The lowest BCUT2D eigenvalue weighted by Gasteiger charge is -2.32. The second kappa shape index (κ2) is 10.7. The molecule has 1 saturated heterocycles. The molecule has 1 amide bonds. The number of aryl methyl sites for hydroxylation is 1. The highest BCUT2D eigenvalue weighted by Gasteiger charge is 2.23. The molecule has 1 aliphatic heterocycles. The molecule has 0 saturated carbocycles. The zero-order valence-electron chi connectivity index (χ0n) is 21.0. The van der Waals surface area contributed by atoms with Crippen LogP contribution in [0, 0.1) is 18.2 Å². The van der Waals surface area contributed by atoms with E-state index >= 15 is 4.39 Å². The predicted molar refractivity (Wildman–Crippen MR) is 152 cm³/mol. The second-order valence-corrected chi connectivity index (χ2v) is 11.4. The highest BCUT2D eigenvalue weighted by atomic mass is 127. The topological polar surface area (TPSA) is 82.4 Å². The fourth-order valence-corrected chi connectivity index (χ4v) is 5.23. The molecule has 1 aromatic heterocycles. The third kappa shape index (κ3) is 5.57. The maximum atomic E-state index is 15.6. The fourth-order valence-electron chi connectivity index (χ4n) is 4.26. The molecule has 36 heavy (non-hydrogen) atoms. The van der Waals surface area contributed by atoms with Crippen molar-refractivity contribution >= 4 is 68.5 Å². The van der Waals surface area contributed by atoms with E-state index in [1.165, 1.54) is 0 Å². The molecule has 0 bridgehead atoms. The number of anilines is 3. The predicted octanol–water partition coefficient (Wildman–Crippen LogP) is 5.90. The number of fused-ring (bicyclic) bond motifs is 1. The molecule has 3 aromatic rings. The van der Waals surface area contributed by atoms with Crippen LogP contribution in [0.1, 0.15) is 44.7 Å². The Balaban J connectivity index is 1.65. The number of aliphatic hydroxyl groups is 1. The summed E-state index contributed by atoms with van der Waals surface area (Å²) < 4.78 is 18.1. The number of amides is 1. The van der Waals surface area contributed by atoms with Crippen molar-refractivity contribution in [3.05, 3.63) is 46.2 Å². The van der Waals surface area contributed by atoms with Crippen LogP contribution in [0.15, 0.2) is 24.3 Å². The molecule has 0 unspecified atom stereocenters. The van der Waals surface area contributed by atoms with Gasteiger partial charge in [-0.1, -0.05) is 67.1 Å². The number of piperidine rings is 1. The van der Waals surface area contributed by atoms with E-state index in [2.05, 4.69) is 38.1 Å². The van der Waals surface area contributed by atoms with Crippen LogP contribution in [-0.4, -0.2) is 39.8 Å². The molecule has 0 spiro atoms. The van der Waals surface area contributed by atoms with Gasteiger partial charge in [0, 0.05) is 30.6 Å². The summed E-state index contributed by atoms with van der Waals surface area (Å²) in [6, 6.07) is 7.39. The van der Waals surface area contributed by atoms with Crippen LogP contribution in [0.4, 0.5) is 21.7 Å². The fraction of sp³-hybridized carbons (Fsp3) is 0.462. The van der Waals surface area contributed by atoms with Crippen LogP contribution in [-0.2, 0) is 15.9 Å². The van der Waals surface area contributed by atoms with Crippen LogP contribution >= 0.6 is 34.2 Å². The number of hydrogen-bond donors (Lipinski definition) is 3. The molecule has 1 fully saturated rings. The smallest absolute Gasteiger partial charge is 0.225 e. The van der Waals surface area contributed by atoms with Crippen molar-refractivity contribution in [2.75, 3.05) is 23.3 Å². The summed E-state index contributed by atoms with van der Waals surface area (Å²) in [5, 5.41) is 16.5. The van der Waals surface area contributed by atoms with E-state index in [9.17, 15) is 9.90 Å². The third-order valence-corrected chi connectivity index (χ3v) is 7.51. The average Bonchev–Trinajstić information content (AvgIpc) is 3.16. The van der Waals surface area contributed by atoms with Crippen molar-refractivity contribution < 1.29 is 14.3 Å². The maximum absolute atomic E-state index is 15.6. The van der Waals surface area contributed by atoms with Gasteiger partial charge in [-0.25, -0.2) is 9.37 Å². The molecule has 2 aromatic carbocycles. The van der Waals surface area contributed by atoms with E-state index in [0.29, 0.717) is 45.1 Å². The van der Waals surface area contributed by atoms with Crippen LogP contribution in [0.5, 0.6) is 0 Å². The number of rotatable bonds is 6. The van der Waals surface area contributed by atoms with Gasteiger partial charge >= 0.3 is 0 Å². The molecular weight excluding hydrogens is 596 g/mol. The van der Waals surface area contributed by atoms with Gasteiger partial charge in [0.25, 0.3) is 0 Å². The summed E-state index contributed by atoms with van der Waals surface area (Å²) in [6.07, 6.45) is 1.14. The number of benzene rings is 2. The van der Waals surface area contributed by atoms with E-state index in [0.717, 1.165) is 29.9 Å². The summed E-state index contributed by atoms with van der Waals surface area (Å²) in [6.45, 7) is 8.87. The summed E-state index contributed by atoms with van der Waals surface area (Å²) in [7, 11) is 0. The number of nitrogens with zero attached hydrogens (tertiary/aromatic N) is 3. The van der Waals surface area contributed by atoms with Crippen molar-refractivity contribution in [1.82, 2.24) is 14.9 Å². The van der Waals surface area contributed by atoms with Crippen LogP contribution in [0.2, 0.25) is 5.02 Å². The Morgan fingerprint density at radius 2 is 1.97 bits per heavy atom. The van der Waals surface area contributed by atoms with Gasteiger partial charge < -0.3 is 25.2 Å². The quantitative estimate of drug-likeness (QED) is 0.234. The molecule has 0 aliphatic carbocycles. The Bertz CT molecular complexity index is 1280. The molecular formula is C26H32ClFIN5O2. The Morgan fingerprint density at radius 3 is 2.61 bits per heavy atom. The lowest BCUT2D eigenvalue weighted by atomic mass is 9.95. The van der Waals surface area contributed by atoms with Crippen LogP contribution in [0.25, 0.3) is 11.0 Å². The van der Waals surface area contributed by atoms with E-state index in [1.54, 1.807) is 6.07 Å². The standard InChI is InChI=1S/C26H32ClFIN5O2/c1-15-5-6-16(13-30-24(36)26(2,3)4)22(28)23(15)32-25-31-19-11-18(27)20(12-21(19)34(25)14-29)33-9-7-17(35)8-10-33/h5-6,11-12,17,35H,7-10,13-14H2,1-4H3,(H,30,36)(H,31,32). The lowest BCUT2D eigenvalue weighted by molar-refractivity contribution is -0.128. The van der Waals surface area contributed by atoms with Crippen LogP contribution in [0.3, 0.4) is 0 Å². The highest BCUT2D eigenvalue weighted by molar-refractivity contribution is 14.1. The molecule has 3 N–H and O–H groups in total. The SMILES string of the molecule is Cc1ccc(CNC(=O)C(C)(C)C)c(F)c1Nc1nc2cc(Cl)c(N3CCC(O)CC3)cc2n1CI. The molecule has 194 valence electrons. The minimum atomic E-state index is -0.554. The first kappa shape index (κ1) is 26.9.